The minimum atomic E-state index is -0.370. The minimum absolute atomic E-state index is 0.0109. The maximum Gasteiger partial charge on any atom is 0.238 e. The summed E-state index contributed by atoms with van der Waals surface area (Å²) in [4.78, 5) is 16.4. The second kappa shape index (κ2) is 14.1. The standard InChI is InChI=1S/C36H53N3OS/c1-25(26(2)29-20-18-28(24-41)19-21-29)23-31-17-13-14-22-39(31)27(3)32(35(4,5)6)38-34(40)33(37-9)36(7,8)30-15-11-10-12-16-30/h11,15-16,18-21,23,31-33,37,41H,2-3,10,12-14,17,22,24H2,1,4-9H3,(H,38,40)/b25-23+. The smallest absolute Gasteiger partial charge is 0.238 e. The molecule has 41 heavy (non-hydrogen) atoms. The van der Waals surface area contributed by atoms with Gasteiger partial charge in [-0.15, -0.1) is 0 Å². The summed E-state index contributed by atoms with van der Waals surface area (Å²) >= 11 is 4.38. The molecule has 2 aliphatic rings. The molecule has 1 aromatic carbocycles. The van der Waals surface area contributed by atoms with E-state index in [1.807, 2.05) is 7.05 Å². The van der Waals surface area contributed by atoms with E-state index >= 15 is 0 Å². The van der Waals surface area contributed by atoms with E-state index in [1.165, 1.54) is 23.1 Å². The normalized spacial score (nSPS) is 19.8. The van der Waals surface area contributed by atoms with E-state index in [1.54, 1.807) is 0 Å². The lowest BCUT2D eigenvalue weighted by Gasteiger charge is -2.45. The Morgan fingerprint density at radius 3 is 2.34 bits per heavy atom. The molecule has 0 bridgehead atoms. The van der Waals surface area contributed by atoms with Crippen molar-refractivity contribution >= 4 is 24.1 Å². The highest BCUT2D eigenvalue weighted by Crippen LogP contribution is 2.36. The van der Waals surface area contributed by atoms with Crippen LogP contribution in [0.3, 0.4) is 0 Å². The zero-order valence-corrected chi connectivity index (χ0v) is 27.4. The Morgan fingerprint density at radius 2 is 1.78 bits per heavy atom. The predicted octanol–water partition coefficient (Wildman–Crippen LogP) is 7.87. The molecule has 0 radical (unpaired) electrons. The fraction of sp³-hybridized carbons (Fsp3) is 0.528. The number of piperidine rings is 1. The average molecular weight is 576 g/mol. The number of rotatable bonds is 11. The Bertz CT molecular complexity index is 1180. The molecule has 0 saturated carbocycles. The van der Waals surface area contributed by atoms with Crippen molar-refractivity contribution in [3.8, 4) is 0 Å². The highest BCUT2D eigenvalue weighted by Gasteiger charge is 2.40. The van der Waals surface area contributed by atoms with E-state index in [0.717, 1.165) is 54.8 Å². The zero-order chi connectivity index (χ0) is 30.4. The number of hydrogen-bond donors (Lipinski definition) is 3. The SMILES string of the molecule is C=C(/C(C)=C/C1CCCCN1C(=C)C(NC(=O)C(NC)C(C)(C)C1=CCCC=C1)C(C)(C)C)c1ccc(CS)cc1. The fourth-order valence-electron chi connectivity index (χ4n) is 6.18. The van der Waals surface area contributed by atoms with Gasteiger partial charge in [-0.1, -0.05) is 96.3 Å². The molecule has 1 saturated heterocycles. The first-order valence-electron chi connectivity index (χ1n) is 15.2. The Kier molecular flexibility index (Phi) is 11.4. The maximum absolute atomic E-state index is 13.9. The van der Waals surface area contributed by atoms with Crippen LogP contribution in [0.4, 0.5) is 0 Å². The van der Waals surface area contributed by atoms with E-state index in [0.29, 0.717) is 0 Å². The van der Waals surface area contributed by atoms with Gasteiger partial charge in [0, 0.05) is 29.5 Å². The molecule has 4 nitrogen and oxygen atoms in total. The van der Waals surface area contributed by atoms with Gasteiger partial charge in [-0.05, 0) is 79.3 Å². The first-order valence-corrected chi connectivity index (χ1v) is 15.8. The summed E-state index contributed by atoms with van der Waals surface area (Å²) < 4.78 is 0. The molecule has 1 fully saturated rings. The van der Waals surface area contributed by atoms with Crippen LogP contribution in [-0.2, 0) is 10.5 Å². The van der Waals surface area contributed by atoms with Crippen molar-refractivity contribution in [2.45, 2.75) is 97.5 Å². The minimum Gasteiger partial charge on any atom is -0.367 e. The summed E-state index contributed by atoms with van der Waals surface area (Å²) in [5, 5.41) is 6.78. The molecule has 1 aliphatic heterocycles. The first kappa shape index (κ1) is 33.0. The van der Waals surface area contributed by atoms with Crippen molar-refractivity contribution in [1.82, 2.24) is 15.5 Å². The number of thiol groups is 1. The molecule has 2 N–H and O–H groups in total. The fourth-order valence-corrected chi connectivity index (χ4v) is 6.39. The van der Waals surface area contributed by atoms with Gasteiger partial charge in [0.05, 0.1) is 12.1 Å². The summed E-state index contributed by atoms with van der Waals surface area (Å²) in [6.45, 7) is 23.0. The van der Waals surface area contributed by atoms with E-state index in [9.17, 15) is 4.79 Å². The molecule has 1 aromatic rings. The number of nitrogens with one attached hydrogen (secondary N) is 2. The third-order valence-corrected chi connectivity index (χ3v) is 9.18. The second-order valence-corrected chi connectivity index (χ2v) is 13.6. The van der Waals surface area contributed by atoms with Crippen LogP contribution in [-0.4, -0.2) is 42.5 Å². The Labute approximate surface area is 255 Å². The maximum atomic E-state index is 13.9. The third-order valence-electron chi connectivity index (χ3n) is 8.82. The summed E-state index contributed by atoms with van der Waals surface area (Å²) in [5.74, 6) is 0.741. The Balaban J connectivity index is 1.83. The van der Waals surface area contributed by atoms with Crippen molar-refractivity contribution in [2.24, 2.45) is 10.8 Å². The second-order valence-electron chi connectivity index (χ2n) is 13.3. The van der Waals surface area contributed by atoms with Crippen LogP contribution < -0.4 is 10.6 Å². The molecule has 5 heteroatoms. The number of nitrogens with zero attached hydrogens (tertiary/aromatic N) is 1. The van der Waals surface area contributed by atoms with E-state index in [-0.39, 0.29) is 34.9 Å². The van der Waals surface area contributed by atoms with Gasteiger partial charge in [0.1, 0.15) is 0 Å². The number of carbonyl (C=O) groups is 1. The monoisotopic (exact) mass is 575 g/mol. The first-order chi connectivity index (χ1) is 19.3. The van der Waals surface area contributed by atoms with Gasteiger partial charge in [0.25, 0.3) is 0 Å². The molecular formula is C36H53N3OS. The van der Waals surface area contributed by atoms with Crippen LogP contribution in [0.1, 0.15) is 84.8 Å². The largest absolute Gasteiger partial charge is 0.367 e. The molecule has 0 spiro atoms. The molecule has 3 rings (SSSR count). The van der Waals surface area contributed by atoms with Gasteiger partial charge >= 0.3 is 0 Å². The summed E-state index contributed by atoms with van der Waals surface area (Å²) in [6, 6.07) is 8.13. The lowest BCUT2D eigenvalue weighted by Crippen LogP contribution is -2.58. The summed E-state index contributed by atoms with van der Waals surface area (Å²) in [5.41, 5.74) is 6.18. The quantitative estimate of drug-likeness (QED) is 0.186. The molecule has 1 aliphatic carbocycles. The van der Waals surface area contributed by atoms with Gasteiger partial charge in [0.2, 0.25) is 5.91 Å². The molecular weight excluding hydrogens is 522 g/mol. The van der Waals surface area contributed by atoms with Gasteiger partial charge in [0.15, 0.2) is 0 Å². The lowest BCUT2D eigenvalue weighted by molar-refractivity contribution is -0.126. The lowest BCUT2D eigenvalue weighted by atomic mass is 9.74. The van der Waals surface area contributed by atoms with Gasteiger partial charge in [-0.25, -0.2) is 0 Å². The number of allylic oxidation sites excluding steroid dienone is 5. The molecule has 224 valence electrons. The third kappa shape index (κ3) is 8.08. The molecule has 0 aromatic heterocycles. The van der Waals surface area contributed by atoms with Crippen LogP contribution >= 0.6 is 12.6 Å². The van der Waals surface area contributed by atoms with Gasteiger partial charge in [-0.2, -0.15) is 12.6 Å². The van der Waals surface area contributed by atoms with Crippen LogP contribution in [0.25, 0.3) is 5.57 Å². The van der Waals surface area contributed by atoms with Crippen molar-refractivity contribution in [3.05, 3.63) is 89.7 Å². The van der Waals surface area contributed by atoms with E-state index in [2.05, 4.69) is 131 Å². The number of hydrogen-bond acceptors (Lipinski definition) is 4. The number of benzene rings is 1. The van der Waals surface area contributed by atoms with Crippen LogP contribution in [0, 0.1) is 10.8 Å². The van der Waals surface area contributed by atoms with Crippen LogP contribution in [0.15, 0.2) is 78.6 Å². The van der Waals surface area contributed by atoms with Crippen LogP contribution in [0.5, 0.6) is 0 Å². The van der Waals surface area contributed by atoms with Gasteiger partial charge < -0.3 is 15.5 Å². The molecule has 1 amide bonds. The molecule has 3 unspecified atom stereocenters. The van der Waals surface area contributed by atoms with Crippen molar-refractivity contribution in [3.63, 3.8) is 0 Å². The van der Waals surface area contributed by atoms with Gasteiger partial charge in [-0.3, -0.25) is 4.79 Å². The van der Waals surface area contributed by atoms with Crippen LogP contribution in [0.2, 0.25) is 0 Å². The molecule has 3 atom stereocenters. The highest BCUT2D eigenvalue weighted by atomic mass is 32.1. The molecule has 1 heterocycles. The van der Waals surface area contributed by atoms with Crippen molar-refractivity contribution in [2.75, 3.05) is 13.6 Å². The van der Waals surface area contributed by atoms with Crippen molar-refractivity contribution < 1.29 is 4.79 Å². The van der Waals surface area contributed by atoms with E-state index < -0.39 is 0 Å². The van der Waals surface area contributed by atoms with Crippen molar-refractivity contribution in [1.29, 1.82) is 0 Å². The number of likely N-dealkylation sites (tertiary alicyclic amines) is 1. The zero-order valence-electron chi connectivity index (χ0n) is 26.5. The topological polar surface area (TPSA) is 44.4 Å². The predicted molar refractivity (Wildman–Crippen MR) is 180 cm³/mol. The summed E-state index contributed by atoms with van der Waals surface area (Å²) in [7, 11) is 1.88. The number of likely N-dealkylation sites (N-methyl/N-ethyl adjacent to an activating group) is 1. The summed E-state index contributed by atoms with van der Waals surface area (Å²) in [6.07, 6.45) is 14.4. The Hall–Kier alpha value is -2.50. The highest BCUT2D eigenvalue weighted by molar-refractivity contribution is 7.79. The average Bonchev–Trinajstić information content (AvgIpc) is 2.95. The number of carbonyl (C=O) groups excluding carboxylic acids is 1. The number of amides is 1. The Morgan fingerprint density at radius 1 is 1.10 bits per heavy atom. The van der Waals surface area contributed by atoms with E-state index in [4.69, 9.17) is 0 Å².